The van der Waals surface area contributed by atoms with Crippen molar-refractivity contribution in [2.75, 3.05) is 0 Å². The summed E-state index contributed by atoms with van der Waals surface area (Å²) in [5.74, 6) is -0.0740. The number of pyridine rings is 1. The summed E-state index contributed by atoms with van der Waals surface area (Å²) < 4.78 is 0. The van der Waals surface area contributed by atoms with E-state index in [4.69, 9.17) is 4.98 Å². The minimum atomic E-state index is -0.0740. The molecule has 1 amide bonds. The summed E-state index contributed by atoms with van der Waals surface area (Å²) in [4.78, 5) is 18.1. The predicted octanol–water partition coefficient (Wildman–Crippen LogP) is 5.76. The Bertz CT molecular complexity index is 1180. The van der Waals surface area contributed by atoms with E-state index in [1.54, 1.807) is 0 Å². The van der Waals surface area contributed by atoms with E-state index in [2.05, 4.69) is 55.6 Å². The Hall–Kier alpha value is -3.46. The van der Waals surface area contributed by atoms with E-state index in [1.165, 1.54) is 11.1 Å². The van der Waals surface area contributed by atoms with E-state index in [0.717, 1.165) is 33.3 Å². The van der Waals surface area contributed by atoms with E-state index in [-0.39, 0.29) is 5.91 Å². The molecule has 1 heterocycles. The van der Waals surface area contributed by atoms with Crippen molar-refractivity contribution in [2.45, 2.75) is 27.3 Å². The summed E-state index contributed by atoms with van der Waals surface area (Å²) in [6.45, 7) is 6.60. The number of amides is 1. The molecule has 0 saturated carbocycles. The smallest absolute Gasteiger partial charge is 0.252 e. The summed E-state index contributed by atoms with van der Waals surface area (Å²) in [6, 6.07) is 24.3. The highest BCUT2D eigenvalue weighted by Crippen LogP contribution is 2.30. The molecule has 3 nitrogen and oxygen atoms in total. The van der Waals surface area contributed by atoms with Crippen LogP contribution in [0.25, 0.3) is 22.2 Å². The lowest BCUT2D eigenvalue weighted by Crippen LogP contribution is -2.24. The molecule has 0 atom stereocenters. The number of benzene rings is 3. The molecular formula is C26H24N2O. The zero-order valence-corrected chi connectivity index (χ0v) is 17.0. The third-order valence-corrected chi connectivity index (χ3v) is 5.26. The van der Waals surface area contributed by atoms with Gasteiger partial charge in [0.1, 0.15) is 0 Å². The first-order valence-corrected chi connectivity index (χ1v) is 9.83. The summed E-state index contributed by atoms with van der Waals surface area (Å²) in [5, 5.41) is 3.97. The van der Waals surface area contributed by atoms with Gasteiger partial charge in [-0.15, -0.1) is 0 Å². The second kappa shape index (κ2) is 7.88. The number of aromatic nitrogens is 1. The quantitative estimate of drug-likeness (QED) is 0.489. The van der Waals surface area contributed by atoms with Crippen molar-refractivity contribution < 1.29 is 4.79 Å². The molecule has 0 radical (unpaired) electrons. The number of nitrogens with one attached hydrogen (secondary N) is 1. The average Bonchev–Trinajstić information content (AvgIpc) is 2.73. The molecule has 29 heavy (non-hydrogen) atoms. The van der Waals surface area contributed by atoms with E-state index in [9.17, 15) is 4.79 Å². The van der Waals surface area contributed by atoms with Crippen LogP contribution < -0.4 is 5.32 Å². The molecule has 0 unspecified atom stereocenters. The summed E-state index contributed by atoms with van der Waals surface area (Å²) >= 11 is 0. The number of carbonyl (C=O) groups excluding carboxylic acids is 1. The number of hydrogen-bond acceptors (Lipinski definition) is 2. The normalized spacial score (nSPS) is 10.9. The van der Waals surface area contributed by atoms with Crippen molar-refractivity contribution in [1.82, 2.24) is 10.3 Å². The molecule has 1 aromatic heterocycles. The first kappa shape index (κ1) is 18.9. The van der Waals surface area contributed by atoms with Crippen molar-refractivity contribution in [3.8, 4) is 11.3 Å². The van der Waals surface area contributed by atoms with Gasteiger partial charge in [0.2, 0.25) is 0 Å². The van der Waals surface area contributed by atoms with Crippen LogP contribution in [0.1, 0.15) is 32.6 Å². The second-order valence-corrected chi connectivity index (χ2v) is 7.51. The zero-order valence-electron chi connectivity index (χ0n) is 17.0. The van der Waals surface area contributed by atoms with E-state index < -0.39 is 0 Å². The molecule has 3 aromatic carbocycles. The van der Waals surface area contributed by atoms with Crippen molar-refractivity contribution in [3.63, 3.8) is 0 Å². The minimum Gasteiger partial charge on any atom is -0.348 e. The number of fused-ring (bicyclic) bond motifs is 1. The maximum atomic E-state index is 13.2. The molecule has 0 bridgehead atoms. The molecule has 0 aliphatic rings. The molecule has 0 fully saturated rings. The fourth-order valence-electron chi connectivity index (χ4n) is 3.57. The van der Waals surface area contributed by atoms with E-state index >= 15 is 0 Å². The van der Waals surface area contributed by atoms with Crippen LogP contribution in [0.3, 0.4) is 0 Å². The van der Waals surface area contributed by atoms with Gasteiger partial charge in [-0.25, -0.2) is 4.98 Å². The SMILES string of the molecule is Cc1ccc(CNC(=O)c2c(C)c(-c3ccc(C)cc3)nc3ccccc23)cc1. The zero-order chi connectivity index (χ0) is 20.4. The van der Waals surface area contributed by atoms with Gasteiger partial charge in [0.05, 0.1) is 16.8 Å². The standard InChI is InChI=1S/C26H24N2O/c1-17-8-12-20(13-9-17)16-27-26(29)24-19(3)25(21-14-10-18(2)11-15-21)28-23-7-5-4-6-22(23)24/h4-15H,16H2,1-3H3,(H,27,29). The Morgan fingerprint density at radius 2 is 1.45 bits per heavy atom. The lowest BCUT2D eigenvalue weighted by atomic mass is 9.96. The number of nitrogens with zero attached hydrogens (tertiary/aromatic N) is 1. The van der Waals surface area contributed by atoms with Gasteiger partial charge < -0.3 is 5.32 Å². The highest BCUT2D eigenvalue weighted by Gasteiger charge is 2.18. The fourth-order valence-corrected chi connectivity index (χ4v) is 3.57. The Kier molecular flexibility index (Phi) is 5.13. The summed E-state index contributed by atoms with van der Waals surface area (Å²) in [5.41, 5.74) is 7.78. The van der Waals surface area contributed by atoms with Crippen molar-refractivity contribution in [3.05, 3.63) is 101 Å². The lowest BCUT2D eigenvalue weighted by molar-refractivity contribution is 0.0952. The average molecular weight is 380 g/mol. The second-order valence-electron chi connectivity index (χ2n) is 7.51. The topological polar surface area (TPSA) is 42.0 Å². The lowest BCUT2D eigenvalue weighted by Gasteiger charge is -2.15. The highest BCUT2D eigenvalue weighted by molar-refractivity contribution is 6.08. The van der Waals surface area contributed by atoms with Gasteiger partial charge in [0.15, 0.2) is 0 Å². The van der Waals surface area contributed by atoms with Crippen LogP contribution in [0.15, 0.2) is 72.8 Å². The third kappa shape index (κ3) is 3.90. The number of para-hydroxylation sites is 1. The number of hydrogen-bond donors (Lipinski definition) is 1. The number of rotatable bonds is 4. The van der Waals surface area contributed by atoms with Crippen LogP contribution in [0.2, 0.25) is 0 Å². The molecule has 0 saturated heterocycles. The third-order valence-electron chi connectivity index (χ3n) is 5.26. The van der Waals surface area contributed by atoms with Gasteiger partial charge >= 0.3 is 0 Å². The van der Waals surface area contributed by atoms with E-state index in [0.29, 0.717) is 12.1 Å². The minimum absolute atomic E-state index is 0.0740. The van der Waals surface area contributed by atoms with Gasteiger partial charge in [-0.2, -0.15) is 0 Å². The van der Waals surface area contributed by atoms with Crippen LogP contribution in [-0.2, 0) is 6.54 Å². The Morgan fingerprint density at radius 1 is 0.828 bits per heavy atom. The van der Waals surface area contributed by atoms with Crippen molar-refractivity contribution in [1.29, 1.82) is 0 Å². The van der Waals surface area contributed by atoms with Gasteiger partial charge in [0, 0.05) is 17.5 Å². The van der Waals surface area contributed by atoms with Gasteiger partial charge in [-0.05, 0) is 38.0 Å². The van der Waals surface area contributed by atoms with Crippen LogP contribution in [-0.4, -0.2) is 10.9 Å². The van der Waals surface area contributed by atoms with Crippen LogP contribution in [0.4, 0.5) is 0 Å². The van der Waals surface area contributed by atoms with Gasteiger partial charge in [0.25, 0.3) is 5.91 Å². The molecule has 1 N–H and O–H groups in total. The van der Waals surface area contributed by atoms with Crippen LogP contribution in [0, 0.1) is 20.8 Å². The predicted molar refractivity (Wildman–Crippen MR) is 119 cm³/mol. The molecule has 144 valence electrons. The summed E-state index contributed by atoms with van der Waals surface area (Å²) in [6.07, 6.45) is 0. The number of aryl methyl sites for hydroxylation is 2. The fraction of sp³-hybridized carbons (Fsp3) is 0.154. The largest absolute Gasteiger partial charge is 0.348 e. The van der Waals surface area contributed by atoms with Crippen molar-refractivity contribution in [2.24, 2.45) is 0 Å². The van der Waals surface area contributed by atoms with E-state index in [1.807, 2.05) is 43.3 Å². The van der Waals surface area contributed by atoms with Crippen molar-refractivity contribution >= 4 is 16.8 Å². The molecule has 0 aliphatic carbocycles. The maximum Gasteiger partial charge on any atom is 0.252 e. The Labute approximate surface area is 171 Å². The Morgan fingerprint density at radius 3 is 2.14 bits per heavy atom. The molecule has 0 spiro atoms. The highest BCUT2D eigenvalue weighted by atomic mass is 16.1. The first-order chi connectivity index (χ1) is 14.0. The first-order valence-electron chi connectivity index (χ1n) is 9.83. The van der Waals surface area contributed by atoms with Crippen LogP contribution >= 0.6 is 0 Å². The Balaban J connectivity index is 1.75. The van der Waals surface area contributed by atoms with Gasteiger partial charge in [-0.3, -0.25) is 4.79 Å². The molecule has 4 rings (SSSR count). The summed E-state index contributed by atoms with van der Waals surface area (Å²) in [7, 11) is 0. The van der Waals surface area contributed by atoms with Gasteiger partial charge in [-0.1, -0.05) is 77.9 Å². The molecule has 4 aromatic rings. The molecule has 0 aliphatic heterocycles. The van der Waals surface area contributed by atoms with Crippen LogP contribution in [0.5, 0.6) is 0 Å². The number of carbonyl (C=O) groups is 1. The maximum absolute atomic E-state index is 13.2. The molecule has 3 heteroatoms. The molecular weight excluding hydrogens is 356 g/mol. The monoisotopic (exact) mass is 380 g/mol.